The number of hydrogen-bond donors (Lipinski definition) is 4. The highest BCUT2D eigenvalue weighted by molar-refractivity contribution is 7.52. The van der Waals surface area contributed by atoms with Crippen molar-refractivity contribution < 1.29 is 38.1 Å². The molecule has 1 aliphatic heterocycles. The fraction of sp³-hybridized carbons (Fsp3) is 0.500. The normalized spacial score (nSPS) is 25.9. The van der Waals surface area contributed by atoms with Gasteiger partial charge < -0.3 is 24.2 Å². The number of aliphatic hydroxyl groups is 2. The third-order valence-corrected chi connectivity index (χ3v) is 9.93. The molecule has 244 valence electrons. The number of H-pyrrole nitrogens is 1. The van der Waals surface area contributed by atoms with E-state index in [0.717, 1.165) is 54.3 Å². The lowest BCUT2D eigenvalue weighted by molar-refractivity contribution is -0.152. The number of nitrogens with zero attached hydrogens (tertiary/aromatic N) is 1. The number of esters is 1. The first kappa shape index (κ1) is 33.3. The van der Waals surface area contributed by atoms with Crippen molar-refractivity contribution in [2.45, 2.75) is 81.6 Å². The van der Waals surface area contributed by atoms with Gasteiger partial charge in [0, 0.05) is 23.5 Å². The van der Waals surface area contributed by atoms with Crippen LogP contribution in [0.2, 0.25) is 0 Å². The molecule has 0 spiro atoms. The van der Waals surface area contributed by atoms with Crippen LogP contribution in [0.3, 0.4) is 0 Å². The van der Waals surface area contributed by atoms with Gasteiger partial charge >= 0.3 is 19.4 Å². The minimum atomic E-state index is -4.42. The van der Waals surface area contributed by atoms with Crippen LogP contribution in [0.15, 0.2) is 64.3 Å². The van der Waals surface area contributed by atoms with Crippen molar-refractivity contribution in [2.75, 3.05) is 12.5 Å². The van der Waals surface area contributed by atoms with Crippen molar-refractivity contribution in [1.29, 1.82) is 0 Å². The van der Waals surface area contributed by atoms with Gasteiger partial charge in [-0.3, -0.25) is 23.7 Å². The van der Waals surface area contributed by atoms with Gasteiger partial charge in [-0.15, -0.1) is 11.6 Å². The third-order valence-electron chi connectivity index (χ3n) is 8.11. The SMILES string of the molecule is CC(NP(=O)(OCC1OC(n2ccc(=O)[nH]c2=O)C(O)(CCCl)C1O)Oc1cccc2ccccc12)C(=O)OC1CCCCC1. The van der Waals surface area contributed by atoms with Gasteiger partial charge in [-0.05, 0) is 50.5 Å². The fourth-order valence-corrected chi connectivity index (χ4v) is 7.53. The van der Waals surface area contributed by atoms with E-state index >= 15 is 0 Å². The average Bonchev–Trinajstić information content (AvgIpc) is 3.26. The van der Waals surface area contributed by atoms with Crippen LogP contribution in [0, 0.1) is 0 Å². The van der Waals surface area contributed by atoms with E-state index in [1.165, 1.54) is 6.92 Å². The number of aromatic nitrogens is 2. The maximum absolute atomic E-state index is 14.3. The van der Waals surface area contributed by atoms with Crippen LogP contribution in [0.5, 0.6) is 5.75 Å². The molecule has 45 heavy (non-hydrogen) atoms. The Morgan fingerprint density at radius 2 is 1.91 bits per heavy atom. The quantitative estimate of drug-likeness (QED) is 0.127. The molecule has 0 radical (unpaired) electrons. The number of aliphatic hydroxyl groups excluding tert-OH is 1. The first-order valence-corrected chi connectivity index (χ1v) is 16.9. The Kier molecular flexibility index (Phi) is 10.5. The van der Waals surface area contributed by atoms with Crippen molar-refractivity contribution in [1.82, 2.24) is 14.6 Å². The Morgan fingerprint density at radius 3 is 2.64 bits per heavy atom. The number of rotatable bonds is 12. The van der Waals surface area contributed by atoms with Crippen LogP contribution in [0.25, 0.3) is 10.8 Å². The third kappa shape index (κ3) is 7.52. The van der Waals surface area contributed by atoms with Crippen LogP contribution in [0.4, 0.5) is 0 Å². The number of alkyl halides is 1. The fourth-order valence-electron chi connectivity index (χ4n) is 5.70. The molecule has 4 N–H and O–H groups in total. The average molecular weight is 666 g/mol. The molecule has 15 heteroatoms. The molecule has 2 heterocycles. The van der Waals surface area contributed by atoms with Gasteiger partial charge in [0.2, 0.25) is 0 Å². The molecule has 0 bridgehead atoms. The first-order valence-electron chi connectivity index (χ1n) is 14.9. The van der Waals surface area contributed by atoms with Crippen LogP contribution in [0.1, 0.15) is 51.7 Å². The molecule has 2 aromatic carbocycles. The molecule has 0 amide bonds. The summed E-state index contributed by atoms with van der Waals surface area (Å²) >= 11 is 5.92. The predicted molar refractivity (Wildman–Crippen MR) is 165 cm³/mol. The largest absolute Gasteiger partial charge is 0.461 e. The molecular formula is C30H37ClN3O10P. The van der Waals surface area contributed by atoms with E-state index in [1.807, 2.05) is 18.2 Å². The summed E-state index contributed by atoms with van der Waals surface area (Å²) in [5.74, 6) is -0.524. The lowest BCUT2D eigenvalue weighted by Gasteiger charge is -2.31. The van der Waals surface area contributed by atoms with E-state index in [0.29, 0.717) is 5.39 Å². The van der Waals surface area contributed by atoms with E-state index in [4.69, 9.17) is 30.1 Å². The topological polar surface area (TPSA) is 178 Å². The van der Waals surface area contributed by atoms with Gasteiger partial charge in [-0.25, -0.2) is 9.36 Å². The molecule has 1 saturated carbocycles. The zero-order chi connectivity index (χ0) is 32.2. The van der Waals surface area contributed by atoms with Gasteiger partial charge in [-0.2, -0.15) is 5.09 Å². The number of hydrogen-bond acceptors (Lipinski definition) is 10. The van der Waals surface area contributed by atoms with Crippen molar-refractivity contribution in [2.24, 2.45) is 0 Å². The molecule has 6 atom stereocenters. The summed E-state index contributed by atoms with van der Waals surface area (Å²) in [6.07, 6.45) is 0.709. The van der Waals surface area contributed by atoms with Crippen LogP contribution in [-0.4, -0.2) is 68.2 Å². The second-order valence-corrected chi connectivity index (χ2v) is 13.4. The summed E-state index contributed by atoms with van der Waals surface area (Å²) in [4.78, 5) is 39.2. The summed E-state index contributed by atoms with van der Waals surface area (Å²) < 4.78 is 38.6. The Hall–Kier alpha value is -3.03. The standard InChI is InChI=1S/C30H37ClN3O10P/c1-19(27(37)42-21-10-3-2-4-11-21)33-45(40,44-23-13-7-9-20-8-5-6-12-22(20)23)41-18-24-26(36)30(39,15-16-31)28(43-24)34-17-14-25(35)32-29(34)38/h5-9,12-14,17,19,21,24,26,28,36,39H,2-4,10-11,15-16,18H2,1H3,(H,33,40)(H,32,35,38). The zero-order valence-electron chi connectivity index (χ0n) is 24.7. The smallest absolute Gasteiger partial charge is 0.459 e. The first-order chi connectivity index (χ1) is 21.5. The maximum Gasteiger partial charge on any atom is 0.459 e. The number of halogens is 1. The molecule has 6 unspecified atom stereocenters. The highest BCUT2D eigenvalue weighted by atomic mass is 35.5. The second kappa shape index (κ2) is 14.2. The van der Waals surface area contributed by atoms with Crippen molar-refractivity contribution >= 4 is 36.1 Å². The number of fused-ring (bicyclic) bond motifs is 1. The number of benzene rings is 2. The summed E-state index contributed by atoms with van der Waals surface area (Å²) in [5.41, 5.74) is -3.63. The summed E-state index contributed by atoms with van der Waals surface area (Å²) in [6, 6.07) is 12.4. The summed E-state index contributed by atoms with van der Waals surface area (Å²) in [5, 5.41) is 26.7. The molecular weight excluding hydrogens is 629 g/mol. The number of carbonyl (C=O) groups is 1. The molecule has 1 saturated heterocycles. The van der Waals surface area contributed by atoms with Crippen molar-refractivity contribution in [3.63, 3.8) is 0 Å². The predicted octanol–water partition coefficient (Wildman–Crippen LogP) is 3.37. The zero-order valence-corrected chi connectivity index (χ0v) is 26.3. The molecule has 13 nitrogen and oxygen atoms in total. The highest BCUT2D eigenvalue weighted by Gasteiger charge is 2.56. The number of aromatic amines is 1. The van der Waals surface area contributed by atoms with Crippen LogP contribution < -0.4 is 20.9 Å². The molecule has 2 aliphatic rings. The van der Waals surface area contributed by atoms with Gasteiger partial charge in [0.1, 0.15) is 35.7 Å². The van der Waals surface area contributed by atoms with E-state index in [1.54, 1.807) is 24.3 Å². The van der Waals surface area contributed by atoms with E-state index in [9.17, 15) is 29.2 Å². The molecule has 3 aromatic rings. The Balaban J connectivity index is 1.39. The van der Waals surface area contributed by atoms with Crippen molar-refractivity contribution in [3.05, 3.63) is 75.6 Å². The molecule has 5 rings (SSSR count). The number of carbonyl (C=O) groups excluding carboxylic acids is 1. The van der Waals surface area contributed by atoms with Gasteiger partial charge in [0.05, 0.1) is 6.61 Å². The number of nitrogens with one attached hydrogen (secondary N) is 2. The Bertz CT molecular complexity index is 1660. The monoisotopic (exact) mass is 665 g/mol. The summed E-state index contributed by atoms with van der Waals surface area (Å²) in [7, 11) is -4.42. The van der Waals surface area contributed by atoms with Crippen molar-refractivity contribution in [3.8, 4) is 5.75 Å². The number of ether oxygens (including phenoxy) is 2. The van der Waals surface area contributed by atoms with Gasteiger partial charge in [-0.1, -0.05) is 42.8 Å². The minimum absolute atomic E-state index is 0.107. The van der Waals surface area contributed by atoms with Gasteiger partial charge in [0.25, 0.3) is 5.56 Å². The van der Waals surface area contributed by atoms with Crippen LogP contribution >= 0.6 is 19.3 Å². The molecule has 1 aromatic heterocycles. The Labute approximate surface area is 264 Å². The second-order valence-electron chi connectivity index (χ2n) is 11.3. The van der Waals surface area contributed by atoms with Gasteiger partial charge in [0.15, 0.2) is 6.23 Å². The van der Waals surface area contributed by atoms with E-state index in [-0.39, 0.29) is 24.2 Å². The van der Waals surface area contributed by atoms with E-state index < -0.39 is 61.7 Å². The molecule has 2 fully saturated rings. The van der Waals surface area contributed by atoms with E-state index in [2.05, 4.69) is 10.1 Å². The lowest BCUT2D eigenvalue weighted by Crippen LogP contribution is -2.49. The Morgan fingerprint density at radius 1 is 1.18 bits per heavy atom. The highest BCUT2D eigenvalue weighted by Crippen LogP contribution is 2.48. The lowest BCUT2D eigenvalue weighted by atomic mass is 9.91. The summed E-state index contributed by atoms with van der Waals surface area (Å²) in [6.45, 7) is 0.881. The van der Waals surface area contributed by atoms with Crippen LogP contribution in [-0.2, 0) is 23.4 Å². The molecule has 1 aliphatic carbocycles. The maximum atomic E-state index is 14.3. The minimum Gasteiger partial charge on any atom is -0.461 e.